The van der Waals surface area contributed by atoms with E-state index >= 15 is 0 Å². The maximum Gasteiger partial charge on any atom is 0.243 e. The summed E-state index contributed by atoms with van der Waals surface area (Å²) in [6.07, 6.45) is 0.814. The molecule has 0 aliphatic carbocycles. The van der Waals surface area contributed by atoms with Gasteiger partial charge in [0.15, 0.2) is 5.13 Å². The van der Waals surface area contributed by atoms with Gasteiger partial charge in [0.05, 0.1) is 10.6 Å². The summed E-state index contributed by atoms with van der Waals surface area (Å²) in [5.41, 5.74) is 4.92. The van der Waals surface area contributed by atoms with Gasteiger partial charge in [-0.2, -0.15) is 4.31 Å². The zero-order chi connectivity index (χ0) is 21.3. The number of thiazole rings is 1. The van der Waals surface area contributed by atoms with Crippen LogP contribution in [0.1, 0.15) is 22.4 Å². The van der Waals surface area contributed by atoms with Crippen LogP contribution in [0.4, 0.5) is 5.13 Å². The Balaban J connectivity index is 1.40. The van der Waals surface area contributed by atoms with Crippen LogP contribution in [-0.4, -0.2) is 43.9 Å². The summed E-state index contributed by atoms with van der Waals surface area (Å²) < 4.78 is 28.2. The van der Waals surface area contributed by atoms with Crippen LogP contribution in [0.5, 0.6) is 0 Å². The molecule has 0 atom stereocenters. The monoisotopic (exact) mass is 505 g/mol. The molecule has 0 bridgehead atoms. The first-order valence-electron chi connectivity index (χ1n) is 9.84. The lowest BCUT2D eigenvalue weighted by Crippen LogP contribution is -2.48. The molecule has 2 heterocycles. The molecule has 1 fully saturated rings. The van der Waals surface area contributed by atoms with Gasteiger partial charge in [-0.1, -0.05) is 40.2 Å². The second kappa shape index (κ2) is 8.78. The average Bonchev–Trinajstić information content (AvgIpc) is 3.19. The molecule has 3 aromatic rings. The van der Waals surface area contributed by atoms with Gasteiger partial charge in [0.2, 0.25) is 10.0 Å². The quantitative estimate of drug-likeness (QED) is 0.507. The largest absolute Gasteiger partial charge is 0.345 e. The second-order valence-electron chi connectivity index (χ2n) is 7.57. The first-order chi connectivity index (χ1) is 14.3. The SMILES string of the molecule is Cc1ccc(Cc2csc(N3CCN(S(=O)(=O)c4cccc(Br)c4)CC3)n2)cc1C. The molecule has 0 amide bonds. The van der Waals surface area contributed by atoms with Crippen LogP contribution in [0.3, 0.4) is 0 Å². The molecule has 1 saturated heterocycles. The lowest BCUT2D eigenvalue weighted by Gasteiger charge is -2.33. The Kier molecular flexibility index (Phi) is 6.29. The van der Waals surface area contributed by atoms with Gasteiger partial charge in [-0.3, -0.25) is 0 Å². The zero-order valence-electron chi connectivity index (χ0n) is 17.0. The molecule has 8 heteroatoms. The number of anilines is 1. The van der Waals surface area contributed by atoms with Crippen molar-refractivity contribution in [2.24, 2.45) is 0 Å². The molecule has 30 heavy (non-hydrogen) atoms. The van der Waals surface area contributed by atoms with Gasteiger partial charge in [0, 0.05) is 42.5 Å². The molecule has 0 N–H and O–H groups in total. The molecule has 5 nitrogen and oxygen atoms in total. The number of rotatable bonds is 5. The molecule has 1 aromatic heterocycles. The molecule has 2 aromatic carbocycles. The normalized spacial score (nSPS) is 15.5. The zero-order valence-corrected chi connectivity index (χ0v) is 20.2. The third-order valence-corrected chi connectivity index (χ3v) is 8.78. The number of hydrogen-bond acceptors (Lipinski definition) is 5. The molecule has 1 aliphatic heterocycles. The summed E-state index contributed by atoms with van der Waals surface area (Å²) in [6, 6.07) is 13.4. The van der Waals surface area contributed by atoms with E-state index in [-0.39, 0.29) is 0 Å². The Hall–Kier alpha value is -1.74. The Morgan fingerprint density at radius 3 is 2.50 bits per heavy atom. The minimum absolute atomic E-state index is 0.329. The van der Waals surface area contributed by atoms with Crippen molar-refractivity contribution in [1.29, 1.82) is 0 Å². The van der Waals surface area contributed by atoms with Crippen molar-refractivity contribution in [2.45, 2.75) is 25.2 Å². The van der Waals surface area contributed by atoms with E-state index in [0.29, 0.717) is 31.1 Å². The molecule has 0 unspecified atom stereocenters. The van der Waals surface area contributed by atoms with Crippen LogP contribution in [0, 0.1) is 13.8 Å². The number of benzene rings is 2. The topological polar surface area (TPSA) is 53.5 Å². The van der Waals surface area contributed by atoms with E-state index in [4.69, 9.17) is 4.98 Å². The van der Waals surface area contributed by atoms with Gasteiger partial charge in [-0.15, -0.1) is 11.3 Å². The van der Waals surface area contributed by atoms with Crippen molar-refractivity contribution < 1.29 is 8.42 Å². The third kappa shape index (κ3) is 4.61. The Morgan fingerprint density at radius 1 is 1.03 bits per heavy atom. The van der Waals surface area contributed by atoms with Gasteiger partial charge in [0.1, 0.15) is 0 Å². The van der Waals surface area contributed by atoms with Crippen molar-refractivity contribution >= 4 is 42.4 Å². The van der Waals surface area contributed by atoms with Crippen LogP contribution in [0.2, 0.25) is 0 Å². The van der Waals surface area contributed by atoms with E-state index in [2.05, 4.69) is 58.3 Å². The third-order valence-electron chi connectivity index (χ3n) is 5.44. The molecule has 4 rings (SSSR count). The van der Waals surface area contributed by atoms with Gasteiger partial charge >= 0.3 is 0 Å². The van der Waals surface area contributed by atoms with E-state index in [1.165, 1.54) is 16.7 Å². The first kappa shape index (κ1) is 21.5. The highest BCUT2D eigenvalue weighted by Gasteiger charge is 2.29. The summed E-state index contributed by atoms with van der Waals surface area (Å²) in [6.45, 7) is 6.46. The summed E-state index contributed by atoms with van der Waals surface area (Å²) in [5, 5.41) is 3.07. The number of sulfonamides is 1. The van der Waals surface area contributed by atoms with Gasteiger partial charge < -0.3 is 4.90 Å². The Bertz CT molecular complexity index is 1150. The summed E-state index contributed by atoms with van der Waals surface area (Å²) in [5.74, 6) is 0. The smallest absolute Gasteiger partial charge is 0.243 e. The highest BCUT2D eigenvalue weighted by molar-refractivity contribution is 9.10. The van der Waals surface area contributed by atoms with Crippen LogP contribution < -0.4 is 4.90 Å². The fourth-order valence-corrected chi connectivity index (χ4v) is 6.44. The molecular formula is C22H24BrN3O2S2. The molecule has 0 spiro atoms. The molecule has 0 radical (unpaired) electrons. The highest BCUT2D eigenvalue weighted by Crippen LogP contribution is 2.26. The summed E-state index contributed by atoms with van der Waals surface area (Å²) in [4.78, 5) is 7.32. The Labute approximate surface area is 190 Å². The Morgan fingerprint density at radius 2 is 1.80 bits per heavy atom. The number of piperazine rings is 1. The summed E-state index contributed by atoms with van der Waals surface area (Å²) >= 11 is 4.98. The molecule has 158 valence electrons. The van der Waals surface area contributed by atoms with E-state index < -0.39 is 10.0 Å². The van der Waals surface area contributed by atoms with Crippen LogP contribution in [-0.2, 0) is 16.4 Å². The van der Waals surface area contributed by atoms with Gasteiger partial charge in [-0.05, 0) is 48.7 Å². The average molecular weight is 506 g/mol. The van der Waals surface area contributed by atoms with Crippen molar-refractivity contribution in [3.63, 3.8) is 0 Å². The number of aryl methyl sites for hydroxylation is 2. The van der Waals surface area contributed by atoms with Crippen LogP contribution in [0.15, 0.2) is 57.2 Å². The maximum atomic E-state index is 12.9. The molecule has 1 aliphatic rings. The van der Waals surface area contributed by atoms with Crippen molar-refractivity contribution in [2.75, 3.05) is 31.1 Å². The van der Waals surface area contributed by atoms with E-state index in [1.807, 2.05) is 6.07 Å². The number of aromatic nitrogens is 1. The predicted octanol–water partition coefficient (Wildman–Crippen LogP) is 4.62. The van der Waals surface area contributed by atoms with Crippen molar-refractivity contribution in [3.05, 3.63) is 74.7 Å². The van der Waals surface area contributed by atoms with Crippen molar-refractivity contribution in [1.82, 2.24) is 9.29 Å². The number of nitrogens with zero attached hydrogens (tertiary/aromatic N) is 3. The standard InChI is InChI=1S/C22H24BrN3O2S2/c1-16-6-7-18(12-17(16)2)13-20-15-29-22(24-20)25-8-10-26(11-9-25)30(27,28)21-5-3-4-19(23)14-21/h3-7,12,14-15H,8-11,13H2,1-2H3. The molecular weight excluding hydrogens is 482 g/mol. The maximum absolute atomic E-state index is 12.9. The van der Waals surface area contributed by atoms with Crippen LogP contribution >= 0.6 is 27.3 Å². The second-order valence-corrected chi connectivity index (χ2v) is 11.3. The predicted molar refractivity (Wildman–Crippen MR) is 126 cm³/mol. The molecule has 0 saturated carbocycles. The fourth-order valence-electron chi connectivity index (χ4n) is 3.54. The minimum atomic E-state index is -3.47. The lowest BCUT2D eigenvalue weighted by atomic mass is 10.0. The van der Waals surface area contributed by atoms with Gasteiger partial charge in [0.25, 0.3) is 0 Å². The van der Waals surface area contributed by atoms with Crippen molar-refractivity contribution in [3.8, 4) is 0 Å². The van der Waals surface area contributed by atoms with E-state index in [9.17, 15) is 8.42 Å². The fraction of sp³-hybridized carbons (Fsp3) is 0.318. The highest BCUT2D eigenvalue weighted by atomic mass is 79.9. The first-order valence-corrected chi connectivity index (χ1v) is 13.0. The van der Waals surface area contributed by atoms with Gasteiger partial charge in [-0.25, -0.2) is 13.4 Å². The van der Waals surface area contributed by atoms with E-state index in [0.717, 1.165) is 21.7 Å². The minimum Gasteiger partial charge on any atom is -0.345 e. The number of halogens is 1. The van der Waals surface area contributed by atoms with E-state index in [1.54, 1.807) is 33.8 Å². The van der Waals surface area contributed by atoms with Crippen LogP contribution in [0.25, 0.3) is 0 Å². The summed E-state index contributed by atoms with van der Waals surface area (Å²) in [7, 11) is -3.47. The lowest BCUT2D eigenvalue weighted by molar-refractivity contribution is 0.384. The number of hydrogen-bond donors (Lipinski definition) is 0.